The normalized spacial score (nSPS) is 19.5. The van der Waals surface area contributed by atoms with Gasteiger partial charge in [0.25, 0.3) is 0 Å². The highest BCUT2D eigenvalue weighted by molar-refractivity contribution is 7.99. The Kier molecular flexibility index (Phi) is 5.26. The first-order valence-electron chi connectivity index (χ1n) is 8.88. The Labute approximate surface area is 161 Å². The van der Waals surface area contributed by atoms with Crippen LogP contribution in [-0.4, -0.2) is 45.9 Å². The van der Waals surface area contributed by atoms with Gasteiger partial charge >= 0.3 is 0 Å². The fraction of sp³-hybridized carbons (Fsp3) is 0.421. The molecule has 1 saturated carbocycles. The number of carbonyl (C=O) groups is 2. The highest BCUT2D eigenvalue weighted by atomic mass is 32.2. The van der Waals surface area contributed by atoms with E-state index in [0.29, 0.717) is 24.6 Å². The van der Waals surface area contributed by atoms with E-state index in [4.69, 9.17) is 0 Å². The van der Waals surface area contributed by atoms with E-state index in [9.17, 15) is 9.59 Å². The fourth-order valence-corrected chi connectivity index (χ4v) is 5.03. The van der Waals surface area contributed by atoms with Crippen molar-refractivity contribution in [2.75, 3.05) is 18.2 Å². The van der Waals surface area contributed by atoms with Crippen molar-refractivity contribution < 1.29 is 9.59 Å². The van der Waals surface area contributed by atoms with Crippen LogP contribution in [0.3, 0.4) is 0 Å². The van der Waals surface area contributed by atoms with Crippen LogP contribution in [0.25, 0.3) is 10.6 Å². The van der Waals surface area contributed by atoms with E-state index < -0.39 is 0 Å². The van der Waals surface area contributed by atoms with Gasteiger partial charge in [-0.2, -0.15) is 0 Å². The van der Waals surface area contributed by atoms with E-state index in [-0.39, 0.29) is 23.8 Å². The van der Waals surface area contributed by atoms with E-state index in [1.54, 1.807) is 28.0 Å². The van der Waals surface area contributed by atoms with Gasteiger partial charge in [-0.3, -0.25) is 9.59 Å². The highest BCUT2D eigenvalue weighted by Gasteiger charge is 2.41. The van der Waals surface area contributed by atoms with Crippen molar-refractivity contribution >= 4 is 34.9 Å². The molecule has 0 radical (unpaired) electrons. The Balaban J connectivity index is 1.28. The summed E-state index contributed by atoms with van der Waals surface area (Å²) in [5.74, 6) is 1.61. The zero-order chi connectivity index (χ0) is 17.9. The van der Waals surface area contributed by atoms with E-state index in [1.165, 1.54) is 0 Å². The van der Waals surface area contributed by atoms with Gasteiger partial charge in [-0.05, 0) is 12.8 Å². The average Bonchev–Trinajstić information content (AvgIpc) is 3.21. The first kappa shape index (κ1) is 17.5. The summed E-state index contributed by atoms with van der Waals surface area (Å²) in [6.45, 7) is 0.545. The minimum absolute atomic E-state index is 0.0393. The molecule has 2 aliphatic rings. The molecule has 1 saturated heterocycles. The number of hydrogen-bond donors (Lipinski definition) is 1. The molecule has 1 atom stereocenters. The second-order valence-electron chi connectivity index (χ2n) is 6.65. The van der Waals surface area contributed by atoms with Crippen molar-refractivity contribution in [3.8, 4) is 10.6 Å². The predicted molar refractivity (Wildman–Crippen MR) is 105 cm³/mol. The number of amides is 2. The van der Waals surface area contributed by atoms with Crippen LogP contribution in [0.5, 0.6) is 0 Å². The van der Waals surface area contributed by atoms with Crippen LogP contribution in [0.15, 0.2) is 35.7 Å². The maximum absolute atomic E-state index is 12.5. The van der Waals surface area contributed by atoms with E-state index in [1.807, 2.05) is 35.7 Å². The molecule has 0 unspecified atom stereocenters. The van der Waals surface area contributed by atoms with Gasteiger partial charge in [0.1, 0.15) is 11.0 Å². The van der Waals surface area contributed by atoms with Crippen molar-refractivity contribution in [3.05, 3.63) is 41.4 Å². The summed E-state index contributed by atoms with van der Waals surface area (Å²) in [6.07, 6.45) is 2.65. The smallest absolute Gasteiger partial charge is 0.243 e. The third-order valence-electron chi connectivity index (χ3n) is 4.65. The molecule has 2 amide bonds. The van der Waals surface area contributed by atoms with Crippen molar-refractivity contribution in [2.45, 2.75) is 25.3 Å². The Morgan fingerprint density at radius 3 is 2.81 bits per heavy atom. The van der Waals surface area contributed by atoms with Crippen LogP contribution in [0.4, 0.5) is 0 Å². The molecule has 1 aliphatic heterocycles. The molecule has 4 rings (SSSR count). The number of benzene rings is 1. The summed E-state index contributed by atoms with van der Waals surface area (Å²) in [4.78, 5) is 31.2. The summed E-state index contributed by atoms with van der Waals surface area (Å²) < 4.78 is 0. The largest absolute Gasteiger partial charge is 0.354 e. The summed E-state index contributed by atoms with van der Waals surface area (Å²) >= 11 is 3.28. The van der Waals surface area contributed by atoms with Gasteiger partial charge in [0.2, 0.25) is 11.8 Å². The molecule has 7 heteroatoms. The van der Waals surface area contributed by atoms with Crippen LogP contribution < -0.4 is 5.32 Å². The Morgan fingerprint density at radius 2 is 2.04 bits per heavy atom. The molecule has 5 nitrogen and oxygen atoms in total. The van der Waals surface area contributed by atoms with Gasteiger partial charge < -0.3 is 10.2 Å². The lowest BCUT2D eigenvalue weighted by atomic mass is 10.2. The predicted octanol–water partition coefficient (Wildman–Crippen LogP) is 2.78. The lowest BCUT2D eigenvalue weighted by Gasteiger charge is -2.23. The van der Waals surface area contributed by atoms with Gasteiger partial charge in [-0.25, -0.2) is 4.98 Å². The van der Waals surface area contributed by atoms with Gasteiger partial charge in [-0.1, -0.05) is 30.3 Å². The van der Waals surface area contributed by atoms with E-state index in [2.05, 4.69) is 10.3 Å². The minimum Gasteiger partial charge on any atom is -0.354 e. The number of hydrogen-bond acceptors (Lipinski definition) is 5. The Hall–Kier alpha value is -1.86. The molecule has 2 aromatic rings. The Morgan fingerprint density at radius 1 is 1.23 bits per heavy atom. The second kappa shape index (κ2) is 7.80. The molecule has 2 heterocycles. The van der Waals surface area contributed by atoms with Gasteiger partial charge in [-0.15, -0.1) is 23.1 Å². The zero-order valence-electron chi connectivity index (χ0n) is 14.4. The van der Waals surface area contributed by atoms with Crippen LogP contribution in [0.2, 0.25) is 0 Å². The zero-order valence-corrected chi connectivity index (χ0v) is 16.0. The Bertz CT molecular complexity index is 789. The standard InChI is InChI=1S/C19H21N3O2S2/c23-17(16-11-25-12-22(16)19(24)14-6-7-14)20-9-8-15-10-26-18(21-15)13-4-2-1-3-5-13/h1-5,10,14,16H,6-9,11-12H2,(H,20,23)/t16-/m1/s1. The van der Waals surface area contributed by atoms with Crippen LogP contribution in [-0.2, 0) is 16.0 Å². The van der Waals surface area contributed by atoms with Crippen molar-refractivity contribution in [1.29, 1.82) is 0 Å². The SMILES string of the molecule is O=C(NCCc1csc(-c2ccccc2)n1)[C@H]1CSCN1C(=O)C1CC1. The average molecular weight is 388 g/mol. The topological polar surface area (TPSA) is 62.3 Å². The summed E-state index contributed by atoms with van der Waals surface area (Å²) in [6, 6.07) is 9.78. The lowest BCUT2D eigenvalue weighted by molar-refractivity contribution is -0.138. The molecule has 2 fully saturated rings. The van der Waals surface area contributed by atoms with E-state index in [0.717, 1.165) is 29.1 Å². The summed E-state index contributed by atoms with van der Waals surface area (Å²) in [7, 11) is 0. The minimum atomic E-state index is -0.316. The number of nitrogens with one attached hydrogen (secondary N) is 1. The first-order chi connectivity index (χ1) is 12.7. The van der Waals surface area contributed by atoms with Crippen LogP contribution in [0.1, 0.15) is 18.5 Å². The molecule has 26 heavy (non-hydrogen) atoms. The van der Waals surface area contributed by atoms with Gasteiger partial charge in [0.15, 0.2) is 0 Å². The summed E-state index contributed by atoms with van der Waals surface area (Å²) in [5, 5.41) is 6.03. The van der Waals surface area contributed by atoms with Crippen LogP contribution in [0, 0.1) is 5.92 Å². The molecule has 1 aromatic carbocycles. The third kappa shape index (κ3) is 3.94. The van der Waals surface area contributed by atoms with Crippen molar-refractivity contribution in [2.24, 2.45) is 5.92 Å². The molecular weight excluding hydrogens is 366 g/mol. The van der Waals surface area contributed by atoms with Gasteiger partial charge in [0.05, 0.1) is 11.6 Å². The molecule has 1 aliphatic carbocycles. The fourth-order valence-electron chi connectivity index (χ4n) is 3.01. The quantitative estimate of drug-likeness (QED) is 0.828. The molecule has 136 valence electrons. The maximum Gasteiger partial charge on any atom is 0.243 e. The molecule has 1 N–H and O–H groups in total. The molecule has 1 aromatic heterocycles. The van der Waals surface area contributed by atoms with Crippen molar-refractivity contribution in [1.82, 2.24) is 15.2 Å². The number of thioether (sulfide) groups is 1. The molecular formula is C19H21N3O2S2. The second-order valence-corrected chi connectivity index (χ2v) is 8.51. The van der Waals surface area contributed by atoms with E-state index >= 15 is 0 Å². The molecule has 0 bridgehead atoms. The lowest BCUT2D eigenvalue weighted by Crippen LogP contribution is -2.48. The number of thiazole rings is 1. The first-order valence-corrected chi connectivity index (χ1v) is 10.9. The molecule has 0 spiro atoms. The number of nitrogens with zero attached hydrogens (tertiary/aromatic N) is 2. The number of carbonyl (C=O) groups excluding carboxylic acids is 2. The van der Waals surface area contributed by atoms with Crippen LogP contribution >= 0.6 is 23.1 Å². The van der Waals surface area contributed by atoms with Gasteiger partial charge in [0, 0.05) is 35.6 Å². The number of rotatable bonds is 6. The number of aromatic nitrogens is 1. The third-order valence-corrected chi connectivity index (χ3v) is 6.60. The van der Waals surface area contributed by atoms with Crippen molar-refractivity contribution in [3.63, 3.8) is 0 Å². The summed E-state index contributed by atoms with van der Waals surface area (Å²) in [5.41, 5.74) is 2.10. The highest BCUT2D eigenvalue weighted by Crippen LogP contribution is 2.34. The monoisotopic (exact) mass is 387 g/mol. The maximum atomic E-state index is 12.5.